The van der Waals surface area contributed by atoms with Gasteiger partial charge >= 0.3 is 0 Å². The molecule has 152 valence electrons. The summed E-state index contributed by atoms with van der Waals surface area (Å²) in [7, 11) is 0. The number of hydrogen-bond donors (Lipinski definition) is 2. The van der Waals surface area contributed by atoms with Crippen LogP contribution in [0.15, 0.2) is 51.1 Å². The van der Waals surface area contributed by atoms with Gasteiger partial charge in [-0.3, -0.25) is 0 Å². The molecule has 0 aliphatic rings. The van der Waals surface area contributed by atoms with Gasteiger partial charge in [0.2, 0.25) is 11.8 Å². The van der Waals surface area contributed by atoms with Gasteiger partial charge in [0.05, 0.1) is 16.8 Å². The molecule has 3 rings (SSSR count). The highest BCUT2D eigenvalue weighted by atomic mass is 79.9. The summed E-state index contributed by atoms with van der Waals surface area (Å²) >= 11 is 4.88. The van der Waals surface area contributed by atoms with Crippen molar-refractivity contribution in [3.63, 3.8) is 0 Å². The molecule has 2 N–H and O–H groups in total. The molecule has 0 radical (unpaired) electrons. The van der Waals surface area contributed by atoms with E-state index < -0.39 is 12.2 Å². The van der Waals surface area contributed by atoms with Gasteiger partial charge in [-0.15, -0.1) is 0 Å². The van der Waals surface area contributed by atoms with Crippen LogP contribution >= 0.6 is 27.7 Å². The van der Waals surface area contributed by atoms with Crippen LogP contribution in [0.5, 0.6) is 5.88 Å². The minimum atomic E-state index is -0.612. The van der Waals surface area contributed by atoms with Crippen LogP contribution in [0, 0.1) is 13.8 Å². The molecule has 0 fully saturated rings. The van der Waals surface area contributed by atoms with Crippen LogP contribution in [0.4, 0.5) is 11.6 Å². The van der Waals surface area contributed by atoms with E-state index in [0.29, 0.717) is 16.3 Å². The second-order valence-electron chi connectivity index (χ2n) is 6.59. The number of aliphatic hydroxyl groups excluding tert-OH is 1. The summed E-state index contributed by atoms with van der Waals surface area (Å²) in [6, 6.07) is 9.81. The molecule has 2 heterocycles. The zero-order valence-electron chi connectivity index (χ0n) is 16.5. The Hall–Kier alpha value is -2.23. The Morgan fingerprint density at radius 1 is 1.07 bits per heavy atom. The number of rotatable bonds is 7. The average Bonchev–Trinajstić information content (AvgIpc) is 2.65. The molecular formula is C20H22BrN5O2S. The number of nitrogens with zero attached hydrogens (tertiary/aromatic N) is 4. The monoisotopic (exact) mass is 475 g/mol. The highest BCUT2D eigenvalue weighted by Gasteiger charge is 2.15. The summed E-state index contributed by atoms with van der Waals surface area (Å²) in [5, 5.41) is 13.5. The molecule has 1 aromatic carbocycles. The van der Waals surface area contributed by atoms with Crippen LogP contribution in [0.3, 0.4) is 0 Å². The normalized spacial score (nSPS) is 13.0. The Morgan fingerprint density at radius 3 is 2.34 bits per heavy atom. The topological polar surface area (TPSA) is 93.1 Å². The van der Waals surface area contributed by atoms with Crippen molar-refractivity contribution in [2.45, 2.75) is 50.0 Å². The molecule has 2 aromatic heterocycles. The smallest absolute Gasteiger partial charge is 0.233 e. The Kier molecular flexibility index (Phi) is 7.05. The van der Waals surface area contributed by atoms with Gasteiger partial charge in [-0.25, -0.2) is 15.0 Å². The highest BCUT2D eigenvalue weighted by molar-refractivity contribution is 9.10. The number of aromatic nitrogens is 4. The van der Waals surface area contributed by atoms with Gasteiger partial charge in [-0.1, -0.05) is 0 Å². The summed E-state index contributed by atoms with van der Waals surface area (Å²) in [6.07, 6.45) is 0.610. The lowest BCUT2D eigenvalue weighted by Gasteiger charge is -2.17. The predicted octanol–water partition coefficient (Wildman–Crippen LogP) is 4.69. The summed E-state index contributed by atoms with van der Waals surface area (Å²) in [5.74, 6) is 0.772. The second kappa shape index (κ2) is 9.51. The second-order valence-corrected chi connectivity index (χ2v) is 8.49. The van der Waals surface area contributed by atoms with Gasteiger partial charge in [-0.05, 0) is 85.7 Å². The standard InChI is InChI=1S/C20H22BrN5O2S/c1-11-9-12(2)24-20(23-11)29-16-7-5-15(6-8-16)25-19-22-10-17(21)18(26-19)28-14(4)13(3)27/h5-10,13-14,27H,1-4H3,(H,22,25,26)/t13-,14-/m1/s1. The number of aliphatic hydroxyl groups is 1. The Morgan fingerprint density at radius 2 is 1.72 bits per heavy atom. The third-order valence-corrected chi connectivity index (χ3v) is 5.39. The molecular weight excluding hydrogens is 454 g/mol. The molecule has 0 saturated heterocycles. The van der Waals surface area contributed by atoms with E-state index in [0.717, 1.165) is 27.1 Å². The van der Waals surface area contributed by atoms with Gasteiger partial charge in [0, 0.05) is 22.0 Å². The van der Waals surface area contributed by atoms with Gasteiger partial charge < -0.3 is 15.2 Å². The lowest BCUT2D eigenvalue weighted by Crippen LogP contribution is -2.26. The lowest BCUT2D eigenvalue weighted by molar-refractivity contribution is 0.0569. The first-order valence-corrected chi connectivity index (χ1v) is 10.7. The fraction of sp³-hybridized carbons (Fsp3) is 0.300. The van der Waals surface area contributed by atoms with Crippen LogP contribution < -0.4 is 10.1 Å². The molecule has 0 saturated carbocycles. The molecule has 2 atom stereocenters. The molecule has 0 amide bonds. The van der Waals surface area contributed by atoms with E-state index in [1.807, 2.05) is 44.2 Å². The van der Waals surface area contributed by atoms with Crippen molar-refractivity contribution in [2.24, 2.45) is 0 Å². The Balaban J connectivity index is 1.69. The Bertz CT molecular complexity index is 965. The van der Waals surface area contributed by atoms with Crippen molar-refractivity contribution in [3.8, 4) is 5.88 Å². The van der Waals surface area contributed by atoms with E-state index in [-0.39, 0.29) is 0 Å². The van der Waals surface area contributed by atoms with E-state index in [1.54, 1.807) is 20.0 Å². The fourth-order valence-electron chi connectivity index (χ4n) is 2.35. The van der Waals surface area contributed by atoms with E-state index in [1.165, 1.54) is 11.8 Å². The molecule has 9 heteroatoms. The van der Waals surface area contributed by atoms with Crippen LogP contribution in [-0.4, -0.2) is 37.3 Å². The van der Waals surface area contributed by atoms with Crippen LogP contribution in [0.25, 0.3) is 0 Å². The third kappa shape index (κ3) is 6.12. The largest absolute Gasteiger partial charge is 0.471 e. The van der Waals surface area contributed by atoms with Crippen molar-refractivity contribution in [3.05, 3.63) is 52.4 Å². The maximum Gasteiger partial charge on any atom is 0.233 e. The average molecular weight is 476 g/mol. The summed E-state index contributed by atoms with van der Waals surface area (Å²) in [5.41, 5.74) is 2.75. The number of nitrogens with one attached hydrogen (secondary N) is 1. The first-order chi connectivity index (χ1) is 13.8. The first-order valence-electron chi connectivity index (χ1n) is 9.04. The minimum absolute atomic E-state index is 0.370. The molecule has 0 aliphatic heterocycles. The van der Waals surface area contributed by atoms with E-state index in [2.05, 4.69) is 41.2 Å². The molecule has 7 nitrogen and oxygen atoms in total. The Labute approximate surface area is 182 Å². The fourth-order valence-corrected chi connectivity index (χ4v) is 3.50. The van der Waals surface area contributed by atoms with Crippen molar-refractivity contribution in [1.29, 1.82) is 0 Å². The van der Waals surface area contributed by atoms with Gasteiger partial charge in [0.1, 0.15) is 6.10 Å². The summed E-state index contributed by atoms with van der Waals surface area (Å²) in [4.78, 5) is 18.6. The third-order valence-electron chi connectivity index (χ3n) is 3.97. The zero-order valence-corrected chi connectivity index (χ0v) is 19.0. The molecule has 0 bridgehead atoms. The summed E-state index contributed by atoms with van der Waals surface area (Å²) in [6.45, 7) is 7.37. The van der Waals surface area contributed by atoms with Gasteiger partial charge in [0.15, 0.2) is 5.16 Å². The van der Waals surface area contributed by atoms with Crippen LogP contribution in [0.2, 0.25) is 0 Å². The van der Waals surface area contributed by atoms with Crippen molar-refractivity contribution >= 4 is 39.3 Å². The first kappa shape index (κ1) is 21.5. The highest BCUT2D eigenvalue weighted by Crippen LogP contribution is 2.28. The van der Waals surface area contributed by atoms with E-state index in [9.17, 15) is 5.11 Å². The number of halogens is 1. The number of hydrogen-bond acceptors (Lipinski definition) is 8. The maximum absolute atomic E-state index is 9.63. The van der Waals surface area contributed by atoms with Crippen LogP contribution in [0.1, 0.15) is 25.2 Å². The molecule has 29 heavy (non-hydrogen) atoms. The number of ether oxygens (including phenoxy) is 1. The molecule has 0 spiro atoms. The molecule has 0 unspecified atom stereocenters. The van der Waals surface area contributed by atoms with Crippen molar-refractivity contribution in [2.75, 3.05) is 5.32 Å². The minimum Gasteiger partial charge on any atom is -0.471 e. The maximum atomic E-state index is 9.63. The zero-order chi connectivity index (χ0) is 21.0. The van der Waals surface area contributed by atoms with E-state index >= 15 is 0 Å². The predicted molar refractivity (Wildman–Crippen MR) is 117 cm³/mol. The number of aryl methyl sites for hydroxylation is 2. The van der Waals surface area contributed by atoms with Crippen molar-refractivity contribution in [1.82, 2.24) is 19.9 Å². The number of benzene rings is 1. The lowest BCUT2D eigenvalue weighted by atomic mass is 10.3. The van der Waals surface area contributed by atoms with Gasteiger partial charge in [0.25, 0.3) is 0 Å². The van der Waals surface area contributed by atoms with Crippen LogP contribution in [-0.2, 0) is 0 Å². The number of anilines is 2. The summed E-state index contributed by atoms with van der Waals surface area (Å²) < 4.78 is 6.31. The molecule has 0 aliphatic carbocycles. The van der Waals surface area contributed by atoms with Crippen molar-refractivity contribution < 1.29 is 9.84 Å². The van der Waals surface area contributed by atoms with Gasteiger partial charge in [-0.2, -0.15) is 4.98 Å². The quantitative estimate of drug-likeness (QED) is 0.475. The van der Waals surface area contributed by atoms with E-state index in [4.69, 9.17) is 4.74 Å². The SMILES string of the molecule is Cc1cc(C)nc(Sc2ccc(Nc3ncc(Br)c(O[C@H](C)[C@@H](C)O)n3)cc2)n1. The molecule has 3 aromatic rings.